The van der Waals surface area contributed by atoms with Gasteiger partial charge < -0.3 is 15.3 Å². The minimum Gasteiger partial charge on any atom is -0.392 e. The molecule has 0 unspecified atom stereocenters. The maximum atomic E-state index is 12.3. The summed E-state index contributed by atoms with van der Waals surface area (Å²) in [5, 5.41) is 15.8. The summed E-state index contributed by atoms with van der Waals surface area (Å²) in [7, 11) is 0. The number of amides is 1. The van der Waals surface area contributed by atoms with Gasteiger partial charge in [0.25, 0.3) is 0 Å². The fourth-order valence-corrected chi connectivity index (χ4v) is 3.57. The number of carbonyl (C=O) groups is 1. The van der Waals surface area contributed by atoms with Crippen LogP contribution in [0.25, 0.3) is 0 Å². The molecule has 2 N–H and O–H groups in total. The summed E-state index contributed by atoms with van der Waals surface area (Å²) < 4.78 is 0. The monoisotopic (exact) mass is 310 g/mol. The molecule has 0 saturated carbocycles. The predicted molar refractivity (Wildman–Crippen MR) is 81.1 cm³/mol. The van der Waals surface area contributed by atoms with Crippen LogP contribution in [0.4, 0.5) is 0 Å². The number of aryl methyl sites for hydroxylation is 1. The SMILES string of the molecule is Cc1nc(CN2CCN(C(=O)[C@@H]3C[C@@H](O)CN3)CC2)cs1. The van der Waals surface area contributed by atoms with E-state index in [1.807, 2.05) is 11.8 Å². The number of rotatable bonds is 3. The molecule has 3 heterocycles. The van der Waals surface area contributed by atoms with Crippen LogP contribution in [0.1, 0.15) is 17.1 Å². The normalized spacial score (nSPS) is 27.2. The molecule has 0 aliphatic carbocycles. The van der Waals surface area contributed by atoms with Gasteiger partial charge in [-0.3, -0.25) is 9.69 Å². The Balaban J connectivity index is 1.47. The lowest BCUT2D eigenvalue weighted by Crippen LogP contribution is -2.52. The summed E-state index contributed by atoms with van der Waals surface area (Å²) in [5.41, 5.74) is 1.12. The smallest absolute Gasteiger partial charge is 0.239 e. The van der Waals surface area contributed by atoms with Crippen LogP contribution in [-0.2, 0) is 11.3 Å². The van der Waals surface area contributed by atoms with Crippen LogP contribution in [0.15, 0.2) is 5.38 Å². The van der Waals surface area contributed by atoms with Crippen molar-refractivity contribution < 1.29 is 9.90 Å². The molecule has 2 aliphatic heterocycles. The average Bonchev–Trinajstić information content (AvgIpc) is 3.08. The lowest BCUT2D eigenvalue weighted by atomic mass is 10.1. The number of aliphatic hydroxyl groups is 1. The molecule has 2 atom stereocenters. The Morgan fingerprint density at radius 2 is 2.24 bits per heavy atom. The van der Waals surface area contributed by atoms with E-state index >= 15 is 0 Å². The number of aromatic nitrogens is 1. The van der Waals surface area contributed by atoms with E-state index in [2.05, 4.69) is 20.6 Å². The van der Waals surface area contributed by atoms with Gasteiger partial charge in [-0.15, -0.1) is 11.3 Å². The van der Waals surface area contributed by atoms with Gasteiger partial charge in [0.1, 0.15) is 0 Å². The van der Waals surface area contributed by atoms with Crippen molar-refractivity contribution in [2.45, 2.75) is 32.0 Å². The molecule has 1 aromatic rings. The van der Waals surface area contributed by atoms with E-state index in [1.165, 1.54) is 0 Å². The minimum atomic E-state index is -0.381. The highest BCUT2D eigenvalue weighted by atomic mass is 32.1. The van der Waals surface area contributed by atoms with Crippen molar-refractivity contribution in [3.63, 3.8) is 0 Å². The number of hydrogen-bond donors (Lipinski definition) is 2. The van der Waals surface area contributed by atoms with Crippen LogP contribution >= 0.6 is 11.3 Å². The molecule has 6 nitrogen and oxygen atoms in total. The van der Waals surface area contributed by atoms with E-state index in [1.54, 1.807) is 11.3 Å². The predicted octanol–water partition coefficient (Wildman–Crippen LogP) is -0.181. The maximum absolute atomic E-state index is 12.3. The molecule has 0 radical (unpaired) electrons. The first-order valence-electron chi connectivity index (χ1n) is 7.45. The molecular weight excluding hydrogens is 288 g/mol. The van der Waals surface area contributed by atoms with Crippen LogP contribution in [0.2, 0.25) is 0 Å². The number of carbonyl (C=O) groups excluding carboxylic acids is 1. The Labute approximate surface area is 128 Å². The summed E-state index contributed by atoms with van der Waals surface area (Å²) in [6.07, 6.45) is 0.157. The fraction of sp³-hybridized carbons (Fsp3) is 0.714. The molecule has 21 heavy (non-hydrogen) atoms. The Hall–Kier alpha value is -1.02. The molecule has 0 spiro atoms. The number of hydrogen-bond acceptors (Lipinski definition) is 6. The van der Waals surface area contributed by atoms with Gasteiger partial charge in [-0.1, -0.05) is 0 Å². The fourth-order valence-electron chi connectivity index (χ4n) is 2.96. The van der Waals surface area contributed by atoms with Crippen LogP contribution < -0.4 is 5.32 Å². The van der Waals surface area contributed by atoms with Crippen molar-refractivity contribution in [3.8, 4) is 0 Å². The third-order valence-corrected chi connectivity index (χ3v) is 4.96. The van der Waals surface area contributed by atoms with E-state index in [4.69, 9.17) is 0 Å². The second-order valence-electron chi connectivity index (χ2n) is 5.81. The van der Waals surface area contributed by atoms with Crippen molar-refractivity contribution in [1.82, 2.24) is 20.1 Å². The zero-order chi connectivity index (χ0) is 14.8. The molecule has 3 rings (SSSR count). The van der Waals surface area contributed by atoms with Gasteiger partial charge in [0.05, 0.1) is 22.8 Å². The number of β-amino-alcohol motifs (C(OH)–C–C–N with tert-alkyl or cyclic N) is 1. The quantitative estimate of drug-likeness (QED) is 0.810. The van der Waals surface area contributed by atoms with Crippen molar-refractivity contribution in [2.75, 3.05) is 32.7 Å². The van der Waals surface area contributed by atoms with Gasteiger partial charge in [0, 0.05) is 44.6 Å². The number of piperazine rings is 1. The Morgan fingerprint density at radius 3 is 2.81 bits per heavy atom. The highest BCUT2D eigenvalue weighted by Crippen LogP contribution is 2.14. The molecule has 116 valence electrons. The lowest BCUT2D eigenvalue weighted by molar-refractivity contribution is -0.135. The third kappa shape index (κ3) is 3.60. The first-order valence-corrected chi connectivity index (χ1v) is 8.33. The summed E-state index contributed by atoms with van der Waals surface area (Å²) in [5.74, 6) is 0.135. The summed E-state index contributed by atoms with van der Waals surface area (Å²) in [6, 6.07) is -0.201. The van der Waals surface area contributed by atoms with Gasteiger partial charge in [-0.25, -0.2) is 4.98 Å². The van der Waals surface area contributed by atoms with Crippen molar-refractivity contribution in [1.29, 1.82) is 0 Å². The summed E-state index contributed by atoms with van der Waals surface area (Å²) in [6.45, 7) is 6.71. The second kappa shape index (κ2) is 6.39. The molecule has 2 fully saturated rings. The maximum Gasteiger partial charge on any atom is 0.239 e. The topological polar surface area (TPSA) is 68.7 Å². The van der Waals surface area contributed by atoms with Crippen molar-refractivity contribution >= 4 is 17.2 Å². The lowest BCUT2D eigenvalue weighted by Gasteiger charge is -2.35. The second-order valence-corrected chi connectivity index (χ2v) is 6.87. The van der Waals surface area contributed by atoms with Gasteiger partial charge in [-0.05, 0) is 13.3 Å². The van der Waals surface area contributed by atoms with Crippen LogP contribution in [0.5, 0.6) is 0 Å². The molecule has 2 saturated heterocycles. The molecule has 1 aromatic heterocycles. The van der Waals surface area contributed by atoms with Crippen LogP contribution in [0.3, 0.4) is 0 Å². The Kier molecular flexibility index (Phi) is 4.54. The van der Waals surface area contributed by atoms with E-state index in [0.29, 0.717) is 13.0 Å². The summed E-state index contributed by atoms with van der Waals surface area (Å²) >= 11 is 1.68. The summed E-state index contributed by atoms with van der Waals surface area (Å²) in [4.78, 5) is 21.1. The first-order chi connectivity index (χ1) is 10.1. The van der Waals surface area contributed by atoms with Gasteiger partial charge in [-0.2, -0.15) is 0 Å². The standard InChI is InChI=1S/C14H22N4O2S/c1-10-16-11(9-21-10)8-17-2-4-18(5-3-17)14(20)13-6-12(19)7-15-13/h9,12-13,15,19H,2-8H2,1H3/t12-,13+/m1/s1. The zero-order valence-corrected chi connectivity index (χ0v) is 13.1. The van der Waals surface area contributed by atoms with E-state index in [-0.39, 0.29) is 18.1 Å². The van der Waals surface area contributed by atoms with Gasteiger partial charge in [0.15, 0.2) is 0 Å². The molecule has 2 aliphatic rings. The van der Waals surface area contributed by atoms with Crippen molar-refractivity contribution in [3.05, 3.63) is 16.1 Å². The zero-order valence-electron chi connectivity index (χ0n) is 12.3. The molecule has 1 amide bonds. The molecule has 0 bridgehead atoms. The van der Waals surface area contributed by atoms with Gasteiger partial charge >= 0.3 is 0 Å². The Morgan fingerprint density at radius 1 is 1.48 bits per heavy atom. The van der Waals surface area contributed by atoms with Crippen molar-refractivity contribution in [2.24, 2.45) is 0 Å². The number of nitrogens with one attached hydrogen (secondary N) is 1. The molecule has 7 heteroatoms. The number of thiazole rings is 1. The largest absolute Gasteiger partial charge is 0.392 e. The Bertz CT molecular complexity index is 499. The van der Waals surface area contributed by atoms with E-state index in [0.717, 1.165) is 43.4 Å². The number of aliphatic hydroxyl groups excluding tert-OH is 1. The first kappa shape index (κ1) is 14.9. The molecular formula is C14H22N4O2S. The van der Waals surface area contributed by atoms with E-state index in [9.17, 15) is 9.90 Å². The van der Waals surface area contributed by atoms with E-state index < -0.39 is 0 Å². The third-order valence-electron chi connectivity index (χ3n) is 4.14. The molecule has 0 aromatic carbocycles. The van der Waals surface area contributed by atoms with Crippen LogP contribution in [-0.4, -0.2) is 70.7 Å². The minimum absolute atomic E-state index is 0.135. The average molecular weight is 310 g/mol. The van der Waals surface area contributed by atoms with Gasteiger partial charge in [0.2, 0.25) is 5.91 Å². The highest BCUT2D eigenvalue weighted by molar-refractivity contribution is 7.09. The highest BCUT2D eigenvalue weighted by Gasteiger charge is 2.32. The van der Waals surface area contributed by atoms with Crippen LogP contribution in [0, 0.1) is 6.92 Å². The number of nitrogens with zero attached hydrogens (tertiary/aromatic N) is 3.